The van der Waals surface area contributed by atoms with E-state index in [0.29, 0.717) is 30.6 Å². The highest BCUT2D eigenvalue weighted by molar-refractivity contribution is 7.89. The minimum atomic E-state index is -3.55. The van der Waals surface area contributed by atoms with Crippen LogP contribution in [0.3, 0.4) is 0 Å². The van der Waals surface area contributed by atoms with Crippen LogP contribution in [-0.4, -0.2) is 44.1 Å². The lowest BCUT2D eigenvalue weighted by Gasteiger charge is -2.19. The average Bonchev–Trinajstić information content (AvgIpc) is 3.21. The highest BCUT2D eigenvalue weighted by atomic mass is 32.2. The second-order valence-electron chi connectivity index (χ2n) is 5.15. The van der Waals surface area contributed by atoms with Gasteiger partial charge in [-0.05, 0) is 18.9 Å². The predicted molar refractivity (Wildman–Crippen MR) is 81.4 cm³/mol. The van der Waals surface area contributed by atoms with Gasteiger partial charge in [-0.1, -0.05) is 6.08 Å². The summed E-state index contributed by atoms with van der Waals surface area (Å²) in [6.07, 6.45) is 5.45. The highest BCUT2D eigenvalue weighted by Crippen LogP contribution is 2.37. The molecule has 0 amide bonds. The third kappa shape index (κ3) is 3.55. The van der Waals surface area contributed by atoms with E-state index in [2.05, 4.69) is 6.58 Å². The van der Waals surface area contributed by atoms with Gasteiger partial charge in [0, 0.05) is 44.7 Å². The molecular formula is C14H23N3O3S. The van der Waals surface area contributed by atoms with Gasteiger partial charge in [-0.2, -0.15) is 4.31 Å². The van der Waals surface area contributed by atoms with Crippen molar-refractivity contribution in [3.63, 3.8) is 0 Å². The van der Waals surface area contributed by atoms with Crippen molar-refractivity contribution in [3.05, 3.63) is 30.6 Å². The maximum Gasteiger partial charge on any atom is 0.244 e. The topological polar surface area (TPSA) is 77.6 Å². The normalized spacial score (nSPS) is 15.6. The van der Waals surface area contributed by atoms with E-state index in [1.54, 1.807) is 25.4 Å². The Hall–Kier alpha value is -1.15. The van der Waals surface area contributed by atoms with Crippen molar-refractivity contribution in [1.82, 2.24) is 8.87 Å². The average molecular weight is 313 g/mol. The number of nitrogens with zero attached hydrogens (tertiary/aromatic N) is 2. The van der Waals surface area contributed by atoms with Crippen molar-refractivity contribution in [3.8, 4) is 0 Å². The molecule has 1 aromatic rings. The molecule has 1 aromatic heterocycles. The quantitative estimate of drug-likeness (QED) is 0.693. The summed E-state index contributed by atoms with van der Waals surface area (Å²) in [5.74, 6) is 0. The molecule has 0 radical (unpaired) electrons. The van der Waals surface area contributed by atoms with Gasteiger partial charge in [-0.3, -0.25) is 0 Å². The highest BCUT2D eigenvalue weighted by Gasteiger charge is 2.30. The molecule has 118 valence electrons. The molecule has 0 spiro atoms. The fraction of sp³-hybridized carbons (Fsp3) is 0.571. The predicted octanol–water partition coefficient (Wildman–Crippen LogP) is 1.10. The summed E-state index contributed by atoms with van der Waals surface area (Å²) in [4.78, 5) is 0.299. The van der Waals surface area contributed by atoms with E-state index >= 15 is 0 Å². The number of aromatic nitrogens is 1. The van der Waals surface area contributed by atoms with Crippen LogP contribution in [0.15, 0.2) is 29.8 Å². The molecule has 6 nitrogen and oxygen atoms in total. The van der Waals surface area contributed by atoms with Crippen molar-refractivity contribution in [2.75, 3.05) is 26.8 Å². The molecule has 2 rings (SSSR count). The zero-order valence-electron chi connectivity index (χ0n) is 12.4. The van der Waals surface area contributed by atoms with Crippen LogP contribution in [0.25, 0.3) is 0 Å². The summed E-state index contributed by atoms with van der Waals surface area (Å²) in [6, 6.07) is 2.08. The lowest BCUT2D eigenvalue weighted by Crippen LogP contribution is -2.33. The summed E-state index contributed by atoms with van der Waals surface area (Å²) in [5.41, 5.74) is 6.58. The smallest absolute Gasteiger partial charge is 0.244 e. The Labute approximate surface area is 126 Å². The summed E-state index contributed by atoms with van der Waals surface area (Å²) in [5, 5.41) is 0. The number of hydrogen-bond donors (Lipinski definition) is 1. The van der Waals surface area contributed by atoms with Crippen LogP contribution in [0.5, 0.6) is 0 Å². The van der Waals surface area contributed by atoms with E-state index < -0.39 is 10.0 Å². The van der Waals surface area contributed by atoms with Gasteiger partial charge in [-0.25, -0.2) is 8.42 Å². The number of ether oxygens (including phenoxy) is 1. The van der Waals surface area contributed by atoms with Gasteiger partial charge in [0.05, 0.1) is 6.61 Å². The first-order valence-electron chi connectivity index (χ1n) is 7.05. The molecule has 21 heavy (non-hydrogen) atoms. The SMILES string of the molecule is C=CCN(CCOC)S(=O)(=O)c1cc(CN)n(C2CC2)c1. The van der Waals surface area contributed by atoms with Gasteiger partial charge in [0.15, 0.2) is 0 Å². The summed E-state index contributed by atoms with van der Waals surface area (Å²) in [7, 11) is -2.00. The number of methoxy groups -OCH3 is 1. The second kappa shape index (κ2) is 6.74. The molecule has 0 saturated heterocycles. The largest absolute Gasteiger partial charge is 0.383 e. The van der Waals surface area contributed by atoms with Crippen LogP contribution < -0.4 is 5.73 Å². The fourth-order valence-corrected chi connectivity index (χ4v) is 3.74. The van der Waals surface area contributed by atoms with E-state index in [1.165, 1.54) is 4.31 Å². The molecule has 7 heteroatoms. The van der Waals surface area contributed by atoms with Gasteiger partial charge in [0.1, 0.15) is 4.90 Å². The third-order valence-electron chi connectivity index (χ3n) is 3.57. The standard InChI is InChI=1S/C14H23N3O3S/c1-3-6-16(7-8-20-2)21(18,19)14-9-13(10-15)17(11-14)12-4-5-12/h3,9,11-12H,1,4-8,10,15H2,2H3. The third-order valence-corrected chi connectivity index (χ3v) is 5.40. The molecule has 1 fully saturated rings. The van der Waals surface area contributed by atoms with Crippen molar-refractivity contribution in [1.29, 1.82) is 0 Å². The molecule has 0 atom stereocenters. The number of sulfonamides is 1. The molecule has 0 aromatic carbocycles. The maximum atomic E-state index is 12.7. The van der Waals surface area contributed by atoms with E-state index in [0.717, 1.165) is 18.5 Å². The molecule has 1 aliphatic carbocycles. The van der Waals surface area contributed by atoms with Gasteiger partial charge < -0.3 is 15.0 Å². The van der Waals surface area contributed by atoms with Gasteiger partial charge >= 0.3 is 0 Å². The van der Waals surface area contributed by atoms with Crippen molar-refractivity contribution in [2.45, 2.75) is 30.3 Å². The van der Waals surface area contributed by atoms with Gasteiger partial charge in [-0.15, -0.1) is 6.58 Å². The monoisotopic (exact) mass is 313 g/mol. The van der Waals surface area contributed by atoms with Crippen LogP contribution in [0.4, 0.5) is 0 Å². The van der Waals surface area contributed by atoms with Crippen LogP contribution in [0, 0.1) is 0 Å². The van der Waals surface area contributed by atoms with Crippen LogP contribution >= 0.6 is 0 Å². The Morgan fingerprint density at radius 2 is 2.29 bits per heavy atom. The molecule has 1 heterocycles. The summed E-state index contributed by atoms with van der Waals surface area (Å²) >= 11 is 0. The maximum absolute atomic E-state index is 12.7. The van der Waals surface area contributed by atoms with Crippen molar-refractivity contribution >= 4 is 10.0 Å². The number of hydrogen-bond acceptors (Lipinski definition) is 4. The second-order valence-corrected chi connectivity index (χ2v) is 7.09. The Morgan fingerprint density at radius 1 is 1.57 bits per heavy atom. The molecule has 0 aliphatic heterocycles. The summed E-state index contributed by atoms with van der Waals surface area (Å²) < 4.78 is 33.8. The van der Waals surface area contributed by atoms with Crippen molar-refractivity contribution in [2.24, 2.45) is 5.73 Å². The lowest BCUT2D eigenvalue weighted by atomic mass is 10.4. The van der Waals surface area contributed by atoms with E-state index in [1.807, 2.05) is 4.57 Å². The zero-order chi connectivity index (χ0) is 15.5. The fourth-order valence-electron chi connectivity index (χ4n) is 2.29. The molecule has 0 bridgehead atoms. The first-order valence-corrected chi connectivity index (χ1v) is 8.49. The first-order chi connectivity index (χ1) is 10.0. The number of nitrogens with two attached hydrogens (primary N) is 1. The van der Waals surface area contributed by atoms with Gasteiger partial charge in [0.2, 0.25) is 10.0 Å². The summed E-state index contributed by atoms with van der Waals surface area (Å²) in [6.45, 7) is 4.87. The number of rotatable bonds is 9. The van der Waals surface area contributed by atoms with Gasteiger partial charge in [0.25, 0.3) is 0 Å². The van der Waals surface area contributed by atoms with E-state index in [-0.39, 0.29) is 6.54 Å². The Morgan fingerprint density at radius 3 is 2.81 bits per heavy atom. The minimum absolute atomic E-state index is 0.262. The first kappa shape index (κ1) is 16.2. The molecule has 2 N–H and O–H groups in total. The molecule has 0 unspecified atom stereocenters. The zero-order valence-corrected chi connectivity index (χ0v) is 13.2. The Kier molecular flexibility index (Phi) is 5.21. The molecule has 1 aliphatic rings. The van der Waals surface area contributed by atoms with E-state index in [4.69, 9.17) is 10.5 Å². The van der Waals surface area contributed by atoms with E-state index in [9.17, 15) is 8.42 Å². The van der Waals surface area contributed by atoms with Crippen LogP contribution in [0.1, 0.15) is 24.6 Å². The lowest BCUT2D eigenvalue weighted by molar-refractivity contribution is 0.182. The van der Waals surface area contributed by atoms with Crippen LogP contribution in [-0.2, 0) is 21.3 Å². The Balaban J connectivity index is 2.29. The van der Waals surface area contributed by atoms with Crippen molar-refractivity contribution < 1.29 is 13.2 Å². The van der Waals surface area contributed by atoms with Crippen LogP contribution in [0.2, 0.25) is 0 Å². The molecular weight excluding hydrogens is 290 g/mol. The minimum Gasteiger partial charge on any atom is -0.383 e. The Bertz CT molecular complexity index is 591. The molecule has 1 saturated carbocycles.